The standard InChI is InChI=1S/C24H30N4OS/c1-6-13-28-23(19-11-7-9-17(4)14-19)26-27-24(28)30-15-21(29)25-22-18(5)10-8-12-20(22)16(2)3/h7-12,14,16H,6,13,15H2,1-5H3,(H,25,29). The molecule has 0 radical (unpaired) electrons. The van der Waals surface area contributed by atoms with E-state index in [-0.39, 0.29) is 5.91 Å². The number of amides is 1. The van der Waals surface area contributed by atoms with E-state index in [9.17, 15) is 4.79 Å². The fourth-order valence-electron chi connectivity index (χ4n) is 3.47. The molecule has 0 aliphatic rings. The Balaban J connectivity index is 1.76. The van der Waals surface area contributed by atoms with Gasteiger partial charge in [0.25, 0.3) is 0 Å². The fraction of sp³-hybridized carbons (Fsp3) is 0.375. The topological polar surface area (TPSA) is 59.8 Å². The molecule has 0 saturated carbocycles. The predicted octanol–water partition coefficient (Wildman–Crippen LogP) is 5.83. The number of aryl methyl sites for hydroxylation is 2. The summed E-state index contributed by atoms with van der Waals surface area (Å²) in [5.74, 6) is 1.46. The highest BCUT2D eigenvalue weighted by Crippen LogP contribution is 2.29. The lowest BCUT2D eigenvalue weighted by Crippen LogP contribution is -2.17. The van der Waals surface area contributed by atoms with Crippen LogP contribution in [-0.4, -0.2) is 26.4 Å². The molecule has 1 aromatic heterocycles. The van der Waals surface area contributed by atoms with Crippen LogP contribution in [0.2, 0.25) is 0 Å². The van der Waals surface area contributed by atoms with E-state index in [1.807, 2.05) is 25.1 Å². The maximum Gasteiger partial charge on any atom is 0.234 e. The van der Waals surface area contributed by atoms with E-state index in [2.05, 4.69) is 72.0 Å². The van der Waals surface area contributed by atoms with Gasteiger partial charge in [0.2, 0.25) is 5.91 Å². The van der Waals surface area contributed by atoms with Crippen molar-refractivity contribution in [2.45, 2.75) is 58.7 Å². The highest BCUT2D eigenvalue weighted by atomic mass is 32.2. The van der Waals surface area contributed by atoms with Crippen molar-refractivity contribution in [1.82, 2.24) is 14.8 Å². The Morgan fingerprint density at radius 2 is 1.90 bits per heavy atom. The molecule has 3 rings (SSSR count). The van der Waals surface area contributed by atoms with Crippen LogP contribution >= 0.6 is 11.8 Å². The quantitative estimate of drug-likeness (QED) is 0.464. The number of nitrogens with zero attached hydrogens (tertiary/aromatic N) is 3. The minimum Gasteiger partial charge on any atom is -0.325 e. The summed E-state index contributed by atoms with van der Waals surface area (Å²) in [4.78, 5) is 12.7. The first kappa shape index (κ1) is 22.1. The van der Waals surface area contributed by atoms with Gasteiger partial charge in [-0.15, -0.1) is 10.2 Å². The van der Waals surface area contributed by atoms with Gasteiger partial charge in [-0.2, -0.15) is 0 Å². The van der Waals surface area contributed by atoms with Gasteiger partial charge in [-0.05, 0) is 43.4 Å². The van der Waals surface area contributed by atoms with Crippen LogP contribution in [0.25, 0.3) is 11.4 Å². The molecule has 0 fully saturated rings. The zero-order valence-electron chi connectivity index (χ0n) is 18.4. The van der Waals surface area contributed by atoms with Crippen LogP contribution in [0.5, 0.6) is 0 Å². The number of benzene rings is 2. The number of hydrogen-bond acceptors (Lipinski definition) is 4. The molecular formula is C24H30N4OS. The van der Waals surface area contributed by atoms with Crippen molar-refractivity contribution in [3.05, 3.63) is 59.2 Å². The molecule has 30 heavy (non-hydrogen) atoms. The molecular weight excluding hydrogens is 392 g/mol. The second-order valence-electron chi connectivity index (χ2n) is 7.86. The summed E-state index contributed by atoms with van der Waals surface area (Å²) < 4.78 is 2.11. The molecule has 1 heterocycles. The molecule has 0 atom stereocenters. The lowest BCUT2D eigenvalue weighted by atomic mass is 9.98. The summed E-state index contributed by atoms with van der Waals surface area (Å²) in [6, 6.07) is 14.4. The number of nitrogens with one attached hydrogen (secondary N) is 1. The first-order chi connectivity index (χ1) is 14.4. The zero-order chi connectivity index (χ0) is 21.7. The first-order valence-electron chi connectivity index (χ1n) is 10.4. The Labute approximate surface area is 183 Å². The summed E-state index contributed by atoms with van der Waals surface area (Å²) in [5.41, 5.74) is 5.40. The summed E-state index contributed by atoms with van der Waals surface area (Å²) in [5, 5.41) is 12.7. The molecule has 0 aliphatic carbocycles. The van der Waals surface area contributed by atoms with Crippen LogP contribution in [0.15, 0.2) is 47.6 Å². The Morgan fingerprint density at radius 1 is 1.13 bits per heavy atom. The van der Waals surface area contributed by atoms with E-state index >= 15 is 0 Å². The summed E-state index contributed by atoms with van der Waals surface area (Å²) >= 11 is 1.43. The number of carbonyl (C=O) groups excluding carboxylic acids is 1. The third kappa shape index (κ3) is 5.11. The second-order valence-corrected chi connectivity index (χ2v) is 8.80. The van der Waals surface area contributed by atoms with Crippen LogP contribution in [0.4, 0.5) is 5.69 Å². The molecule has 158 valence electrons. The molecule has 0 spiro atoms. The van der Waals surface area contributed by atoms with E-state index < -0.39 is 0 Å². The van der Waals surface area contributed by atoms with Crippen LogP contribution in [0.1, 0.15) is 49.8 Å². The molecule has 0 bridgehead atoms. The van der Waals surface area contributed by atoms with Gasteiger partial charge in [-0.1, -0.05) is 74.5 Å². The minimum absolute atomic E-state index is 0.0284. The highest BCUT2D eigenvalue weighted by molar-refractivity contribution is 7.99. The average Bonchev–Trinajstić information content (AvgIpc) is 3.10. The third-order valence-corrected chi connectivity index (χ3v) is 5.93. The Bertz CT molecular complexity index is 1030. The van der Waals surface area contributed by atoms with Crippen LogP contribution in [-0.2, 0) is 11.3 Å². The van der Waals surface area contributed by atoms with Gasteiger partial charge < -0.3 is 9.88 Å². The molecule has 1 amide bonds. The van der Waals surface area contributed by atoms with Crippen molar-refractivity contribution in [2.75, 3.05) is 11.1 Å². The molecule has 0 aliphatic heterocycles. The van der Waals surface area contributed by atoms with Gasteiger partial charge in [0.1, 0.15) is 0 Å². The Morgan fingerprint density at radius 3 is 2.60 bits per heavy atom. The van der Waals surface area contributed by atoms with Crippen molar-refractivity contribution >= 4 is 23.4 Å². The van der Waals surface area contributed by atoms with Crippen molar-refractivity contribution in [2.24, 2.45) is 0 Å². The van der Waals surface area contributed by atoms with Crippen molar-refractivity contribution in [1.29, 1.82) is 0 Å². The van der Waals surface area contributed by atoms with Gasteiger partial charge in [-0.25, -0.2) is 0 Å². The van der Waals surface area contributed by atoms with E-state index in [0.717, 1.165) is 46.3 Å². The molecule has 6 heteroatoms. The Hall–Kier alpha value is -2.60. The third-order valence-electron chi connectivity index (χ3n) is 4.96. The van der Waals surface area contributed by atoms with Crippen molar-refractivity contribution in [3.63, 3.8) is 0 Å². The fourth-order valence-corrected chi connectivity index (χ4v) is 4.23. The summed E-state index contributed by atoms with van der Waals surface area (Å²) in [6.07, 6.45) is 0.970. The lowest BCUT2D eigenvalue weighted by Gasteiger charge is -2.16. The maximum absolute atomic E-state index is 12.7. The number of thioether (sulfide) groups is 1. The van der Waals surface area contributed by atoms with Gasteiger partial charge in [0.15, 0.2) is 11.0 Å². The zero-order valence-corrected chi connectivity index (χ0v) is 19.2. The number of anilines is 1. The number of hydrogen-bond donors (Lipinski definition) is 1. The minimum atomic E-state index is -0.0284. The van der Waals surface area contributed by atoms with Crippen LogP contribution < -0.4 is 5.32 Å². The number of carbonyl (C=O) groups is 1. The van der Waals surface area contributed by atoms with Crippen molar-refractivity contribution in [3.8, 4) is 11.4 Å². The van der Waals surface area contributed by atoms with Gasteiger partial charge in [0.05, 0.1) is 5.75 Å². The SMILES string of the molecule is CCCn1c(SCC(=O)Nc2c(C)cccc2C(C)C)nnc1-c1cccc(C)c1. The Kier molecular flexibility index (Phi) is 7.32. The average molecular weight is 423 g/mol. The molecule has 2 aromatic carbocycles. The van der Waals surface area contributed by atoms with Crippen LogP contribution in [0.3, 0.4) is 0 Å². The van der Waals surface area contributed by atoms with Gasteiger partial charge in [-0.3, -0.25) is 4.79 Å². The van der Waals surface area contributed by atoms with E-state index in [1.165, 1.54) is 17.3 Å². The second kappa shape index (κ2) is 9.94. The maximum atomic E-state index is 12.7. The first-order valence-corrected chi connectivity index (χ1v) is 11.4. The van der Waals surface area contributed by atoms with E-state index in [1.54, 1.807) is 0 Å². The monoisotopic (exact) mass is 422 g/mol. The normalized spacial score (nSPS) is 11.1. The molecule has 5 nitrogen and oxygen atoms in total. The highest BCUT2D eigenvalue weighted by Gasteiger charge is 2.17. The molecule has 0 saturated heterocycles. The smallest absolute Gasteiger partial charge is 0.234 e. The molecule has 3 aromatic rings. The van der Waals surface area contributed by atoms with Crippen molar-refractivity contribution < 1.29 is 4.79 Å². The number of rotatable bonds is 8. The number of para-hydroxylation sites is 1. The van der Waals surface area contributed by atoms with E-state index in [0.29, 0.717) is 11.7 Å². The summed E-state index contributed by atoms with van der Waals surface area (Å²) in [7, 11) is 0. The lowest BCUT2D eigenvalue weighted by molar-refractivity contribution is -0.113. The molecule has 0 unspecified atom stereocenters. The molecule has 1 N–H and O–H groups in total. The number of aromatic nitrogens is 3. The van der Waals surface area contributed by atoms with E-state index in [4.69, 9.17) is 0 Å². The van der Waals surface area contributed by atoms with Gasteiger partial charge in [0, 0.05) is 17.8 Å². The van der Waals surface area contributed by atoms with Gasteiger partial charge >= 0.3 is 0 Å². The summed E-state index contributed by atoms with van der Waals surface area (Å²) in [6.45, 7) is 11.3. The van der Waals surface area contributed by atoms with Crippen LogP contribution in [0, 0.1) is 13.8 Å². The largest absolute Gasteiger partial charge is 0.325 e. The predicted molar refractivity (Wildman–Crippen MR) is 125 cm³/mol.